The first-order chi connectivity index (χ1) is 9.31. The first kappa shape index (κ1) is 18.4. The van der Waals surface area contributed by atoms with Gasteiger partial charge in [-0.3, -0.25) is 4.79 Å². The van der Waals surface area contributed by atoms with Crippen molar-refractivity contribution in [3.63, 3.8) is 0 Å². The Morgan fingerprint density at radius 1 is 0.737 bits per heavy atom. The first-order valence-corrected chi connectivity index (χ1v) is 8.04. The van der Waals surface area contributed by atoms with Crippen LogP contribution in [-0.4, -0.2) is 25.8 Å². The van der Waals surface area contributed by atoms with Gasteiger partial charge in [0, 0.05) is 6.61 Å². The number of carbonyl (C=O) groups excluding carboxylic acids is 1. The Hall–Kier alpha value is -0.570. The lowest BCUT2D eigenvalue weighted by Crippen LogP contribution is -2.09. The van der Waals surface area contributed by atoms with Crippen LogP contribution < -0.4 is 0 Å². The summed E-state index contributed by atoms with van der Waals surface area (Å²) in [7, 11) is 0. The number of hydrogen-bond acceptors (Lipinski definition) is 3. The third kappa shape index (κ3) is 15.4. The van der Waals surface area contributed by atoms with Gasteiger partial charge in [0.2, 0.25) is 0 Å². The molecule has 19 heavy (non-hydrogen) atoms. The maximum absolute atomic E-state index is 11.4. The third-order valence-corrected chi connectivity index (χ3v) is 3.10. The molecule has 0 aliphatic carbocycles. The first-order valence-electron chi connectivity index (χ1n) is 8.04. The van der Waals surface area contributed by atoms with Gasteiger partial charge in [-0.15, -0.1) is 0 Å². The number of hydrogen-bond donors (Lipinski definition) is 0. The van der Waals surface area contributed by atoms with Gasteiger partial charge in [-0.25, -0.2) is 0 Å². The molecule has 0 saturated heterocycles. The van der Waals surface area contributed by atoms with E-state index in [0.29, 0.717) is 19.6 Å². The number of carbonyl (C=O) groups is 1. The fourth-order valence-corrected chi connectivity index (χ4v) is 1.85. The summed E-state index contributed by atoms with van der Waals surface area (Å²) >= 11 is 0. The largest absolute Gasteiger partial charge is 0.466 e. The summed E-state index contributed by atoms with van der Waals surface area (Å²) in [6.45, 7) is 6.23. The van der Waals surface area contributed by atoms with Gasteiger partial charge in [-0.2, -0.15) is 0 Å². The molecule has 114 valence electrons. The molecule has 0 bridgehead atoms. The molecule has 0 fully saturated rings. The van der Waals surface area contributed by atoms with Gasteiger partial charge >= 0.3 is 5.97 Å². The van der Waals surface area contributed by atoms with Crippen molar-refractivity contribution in [2.24, 2.45) is 0 Å². The number of esters is 1. The highest BCUT2D eigenvalue weighted by molar-refractivity contribution is 5.69. The molecule has 0 aromatic heterocycles. The van der Waals surface area contributed by atoms with Crippen molar-refractivity contribution < 1.29 is 14.3 Å². The molecule has 0 aliphatic rings. The van der Waals surface area contributed by atoms with E-state index in [2.05, 4.69) is 13.8 Å². The summed E-state index contributed by atoms with van der Waals surface area (Å²) < 4.78 is 10.6. The molecule has 0 atom stereocenters. The van der Waals surface area contributed by atoms with Crippen LogP contribution in [0.1, 0.15) is 78.1 Å². The Kier molecular flexibility index (Phi) is 15.0. The zero-order valence-corrected chi connectivity index (χ0v) is 12.9. The molecular weight excluding hydrogens is 240 g/mol. The minimum Gasteiger partial charge on any atom is -0.466 e. The Balaban J connectivity index is 3.13. The lowest BCUT2D eigenvalue weighted by atomic mass is 10.2. The van der Waals surface area contributed by atoms with Crippen molar-refractivity contribution in [3.05, 3.63) is 0 Å². The van der Waals surface area contributed by atoms with Gasteiger partial charge in [0.15, 0.2) is 0 Å². The molecule has 0 saturated carbocycles. The normalized spacial score (nSPS) is 10.6. The van der Waals surface area contributed by atoms with Gasteiger partial charge in [0.25, 0.3) is 0 Å². The van der Waals surface area contributed by atoms with E-state index in [9.17, 15) is 4.79 Å². The van der Waals surface area contributed by atoms with Gasteiger partial charge in [0.05, 0.1) is 19.6 Å². The van der Waals surface area contributed by atoms with Crippen LogP contribution >= 0.6 is 0 Å². The molecular formula is C16H32O3. The average molecular weight is 272 g/mol. The van der Waals surface area contributed by atoms with Crippen molar-refractivity contribution >= 4 is 5.97 Å². The molecule has 0 amide bonds. The second-order valence-corrected chi connectivity index (χ2v) is 5.06. The fourth-order valence-electron chi connectivity index (χ4n) is 1.85. The van der Waals surface area contributed by atoms with Crippen LogP contribution in [0.4, 0.5) is 0 Å². The molecule has 3 heteroatoms. The molecule has 3 nitrogen and oxygen atoms in total. The second-order valence-electron chi connectivity index (χ2n) is 5.06. The van der Waals surface area contributed by atoms with Gasteiger partial charge in [-0.1, -0.05) is 58.8 Å². The highest BCUT2D eigenvalue weighted by Gasteiger charge is 2.02. The SMILES string of the molecule is CCCCCCCOC(=O)CCOCCCCCC. The van der Waals surface area contributed by atoms with E-state index in [1.807, 2.05) is 0 Å². The van der Waals surface area contributed by atoms with Crippen LogP contribution in [0.5, 0.6) is 0 Å². The number of ether oxygens (including phenoxy) is 2. The molecule has 0 spiro atoms. The Labute approximate surface area is 119 Å². The lowest BCUT2D eigenvalue weighted by molar-refractivity contribution is -0.145. The minimum atomic E-state index is -0.121. The molecule has 0 rings (SSSR count). The third-order valence-electron chi connectivity index (χ3n) is 3.10. The van der Waals surface area contributed by atoms with Crippen LogP contribution in [0.2, 0.25) is 0 Å². The van der Waals surface area contributed by atoms with Crippen molar-refractivity contribution in [2.75, 3.05) is 19.8 Å². The monoisotopic (exact) mass is 272 g/mol. The highest BCUT2D eigenvalue weighted by atomic mass is 16.5. The lowest BCUT2D eigenvalue weighted by Gasteiger charge is -2.06. The minimum absolute atomic E-state index is 0.121. The molecule has 0 aromatic rings. The van der Waals surface area contributed by atoms with E-state index < -0.39 is 0 Å². The predicted molar refractivity (Wildman–Crippen MR) is 79.3 cm³/mol. The Morgan fingerprint density at radius 3 is 2.00 bits per heavy atom. The van der Waals surface area contributed by atoms with Gasteiger partial charge in [-0.05, 0) is 12.8 Å². The van der Waals surface area contributed by atoms with Crippen molar-refractivity contribution in [1.82, 2.24) is 0 Å². The molecule has 0 aromatic carbocycles. The smallest absolute Gasteiger partial charge is 0.308 e. The van der Waals surface area contributed by atoms with E-state index >= 15 is 0 Å². The van der Waals surface area contributed by atoms with Crippen LogP contribution in [0.15, 0.2) is 0 Å². The predicted octanol–water partition coefficient (Wildman–Crippen LogP) is 4.49. The van der Waals surface area contributed by atoms with Crippen LogP contribution in [-0.2, 0) is 14.3 Å². The summed E-state index contributed by atoms with van der Waals surface area (Å²) in [5, 5.41) is 0. The Morgan fingerprint density at radius 2 is 1.32 bits per heavy atom. The van der Waals surface area contributed by atoms with E-state index in [-0.39, 0.29) is 5.97 Å². The number of rotatable bonds is 14. The van der Waals surface area contributed by atoms with Crippen LogP contribution in [0.25, 0.3) is 0 Å². The van der Waals surface area contributed by atoms with Gasteiger partial charge in [0.1, 0.15) is 0 Å². The standard InChI is InChI=1S/C16H32O3/c1-3-5-7-9-11-14-19-16(17)12-15-18-13-10-8-6-4-2/h3-15H2,1-2H3. The molecule has 0 unspecified atom stereocenters. The summed E-state index contributed by atoms with van der Waals surface area (Å²) in [5.74, 6) is -0.121. The van der Waals surface area contributed by atoms with E-state index in [1.165, 1.54) is 38.5 Å². The van der Waals surface area contributed by atoms with Gasteiger partial charge < -0.3 is 9.47 Å². The van der Waals surface area contributed by atoms with E-state index in [0.717, 1.165) is 25.9 Å². The molecule has 0 aliphatic heterocycles. The van der Waals surface area contributed by atoms with Crippen molar-refractivity contribution in [3.8, 4) is 0 Å². The maximum Gasteiger partial charge on any atom is 0.308 e. The molecule has 0 radical (unpaired) electrons. The zero-order valence-electron chi connectivity index (χ0n) is 12.9. The second kappa shape index (κ2) is 15.5. The van der Waals surface area contributed by atoms with Crippen LogP contribution in [0.3, 0.4) is 0 Å². The number of unbranched alkanes of at least 4 members (excludes halogenated alkanes) is 7. The van der Waals surface area contributed by atoms with Crippen molar-refractivity contribution in [1.29, 1.82) is 0 Å². The molecule has 0 heterocycles. The van der Waals surface area contributed by atoms with E-state index in [1.54, 1.807) is 0 Å². The van der Waals surface area contributed by atoms with Crippen molar-refractivity contribution in [2.45, 2.75) is 78.1 Å². The summed E-state index contributed by atoms with van der Waals surface area (Å²) in [4.78, 5) is 11.4. The Bertz CT molecular complexity index is 192. The summed E-state index contributed by atoms with van der Waals surface area (Å²) in [6, 6.07) is 0. The molecule has 0 N–H and O–H groups in total. The summed E-state index contributed by atoms with van der Waals surface area (Å²) in [5.41, 5.74) is 0. The quantitative estimate of drug-likeness (QED) is 0.345. The van der Waals surface area contributed by atoms with Crippen LogP contribution in [0, 0.1) is 0 Å². The fraction of sp³-hybridized carbons (Fsp3) is 0.938. The van der Waals surface area contributed by atoms with E-state index in [4.69, 9.17) is 9.47 Å². The maximum atomic E-state index is 11.4. The zero-order chi connectivity index (χ0) is 14.2. The highest BCUT2D eigenvalue weighted by Crippen LogP contribution is 2.03. The topological polar surface area (TPSA) is 35.5 Å². The average Bonchev–Trinajstić information content (AvgIpc) is 2.41. The summed E-state index contributed by atoms with van der Waals surface area (Å²) in [6.07, 6.45) is 11.1.